The van der Waals surface area contributed by atoms with Gasteiger partial charge in [-0.05, 0) is 30.2 Å². The molecular formula is C16H12F2N2O4. The zero-order valence-corrected chi connectivity index (χ0v) is 12.6. The number of pyridine rings is 1. The van der Waals surface area contributed by atoms with Gasteiger partial charge in [-0.25, -0.2) is 0 Å². The molecule has 0 atom stereocenters. The van der Waals surface area contributed by atoms with Gasteiger partial charge in [-0.1, -0.05) is 6.07 Å². The maximum Gasteiger partial charge on any atom is 0.586 e. The summed E-state index contributed by atoms with van der Waals surface area (Å²) in [6, 6.07) is 9.04. The molecule has 0 fully saturated rings. The molecule has 0 unspecified atom stereocenters. The van der Waals surface area contributed by atoms with Crippen LogP contribution < -0.4 is 19.8 Å². The molecule has 1 aromatic heterocycles. The van der Waals surface area contributed by atoms with Crippen LogP contribution in [-0.2, 0) is 13.0 Å². The largest absolute Gasteiger partial charge is 0.586 e. The first-order valence-electron chi connectivity index (χ1n) is 7.00. The zero-order valence-electron chi connectivity index (χ0n) is 12.6. The van der Waals surface area contributed by atoms with E-state index in [9.17, 15) is 13.6 Å². The third-order valence-electron chi connectivity index (χ3n) is 3.54. The number of hydrogen-bond donors (Lipinski definition) is 0. The molecule has 0 saturated heterocycles. The first kappa shape index (κ1) is 15.8. The van der Waals surface area contributed by atoms with Crippen LogP contribution >= 0.6 is 0 Å². The molecule has 6 nitrogen and oxygen atoms in total. The fourth-order valence-electron chi connectivity index (χ4n) is 2.47. The molecule has 24 heavy (non-hydrogen) atoms. The van der Waals surface area contributed by atoms with Crippen LogP contribution in [0.4, 0.5) is 8.78 Å². The predicted octanol–water partition coefficient (Wildman–Crippen LogP) is 2.29. The third-order valence-corrected chi connectivity index (χ3v) is 3.54. The average molecular weight is 334 g/mol. The van der Waals surface area contributed by atoms with Crippen molar-refractivity contribution in [2.24, 2.45) is 0 Å². The quantitative estimate of drug-likeness (QED) is 0.858. The molecule has 0 bridgehead atoms. The van der Waals surface area contributed by atoms with E-state index in [4.69, 9.17) is 10.00 Å². The number of aryl methyl sites for hydroxylation is 1. The van der Waals surface area contributed by atoms with Gasteiger partial charge in [-0.15, -0.1) is 8.78 Å². The topological polar surface area (TPSA) is 73.5 Å². The standard InChI is InChI=1S/C16H12F2N2O4/c1-22-15-11(9-19)3-5-14(21)20(15)7-6-10-2-4-12-13(8-10)24-16(17,18)23-12/h2-5,8H,6-7H2,1H3. The Balaban J connectivity index is 1.83. The summed E-state index contributed by atoms with van der Waals surface area (Å²) >= 11 is 0. The smallest absolute Gasteiger partial charge is 0.481 e. The van der Waals surface area contributed by atoms with Crippen molar-refractivity contribution < 1.29 is 23.0 Å². The maximum atomic E-state index is 13.0. The minimum Gasteiger partial charge on any atom is -0.481 e. The molecule has 0 amide bonds. The number of rotatable bonds is 4. The lowest BCUT2D eigenvalue weighted by atomic mass is 10.1. The van der Waals surface area contributed by atoms with Gasteiger partial charge in [0.25, 0.3) is 5.56 Å². The van der Waals surface area contributed by atoms with Gasteiger partial charge in [0.2, 0.25) is 5.88 Å². The summed E-state index contributed by atoms with van der Waals surface area (Å²) < 4.78 is 41.2. The van der Waals surface area contributed by atoms with Crippen molar-refractivity contribution in [2.75, 3.05) is 7.11 Å². The molecular weight excluding hydrogens is 322 g/mol. The van der Waals surface area contributed by atoms with Crippen LogP contribution in [0.15, 0.2) is 35.1 Å². The third kappa shape index (κ3) is 2.88. The van der Waals surface area contributed by atoms with Crippen LogP contribution in [0.3, 0.4) is 0 Å². The van der Waals surface area contributed by atoms with Crippen molar-refractivity contribution in [2.45, 2.75) is 19.3 Å². The summed E-state index contributed by atoms with van der Waals surface area (Å²) in [5.74, 6) is 0.0739. The molecule has 3 rings (SSSR count). The monoisotopic (exact) mass is 334 g/mol. The van der Waals surface area contributed by atoms with Gasteiger partial charge in [0.1, 0.15) is 11.6 Å². The number of ether oxygens (including phenoxy) is 3. The van der Waals surface area contributed by atoms with Gasteiger partial charge in [0.15, 0.2) is 11.5 Å². The van der Waals surface area contributed by atoms with Crippen LogP contribution in [0, 0.1) is 11.3 Å². The van der Waals surface area contributed by atoms with E-state index in [2.05, 4.69) is 9.47 Å². The Labute approximate surface area is 135 Å². The Kier molecular flexibility index (Phi) is 3.85. The molecule has 124 valence electrons. The summed E-state index contributed by atoms with van der Waals surface area (Å²) in [5.41, 5.74) is 0.590. The maximum absolute atomic E-state index is 13.0. The minimum atomic E-state index is -3.66. The molecule has 2 aromatic rings. The van der Waals surface area contributed by atoms with Crippen molar-refractivity contribution in [3.05, 3.63) is 51.8 Å². The summed E-state index contributed by atoms with van der Waals surface area (Å²) in [5, 5.41) is 9.06. The number of methoxy groups -OCH3 is 1. The molecule has 2 heterocycles. The van der Waals surface area contributed by atoms with Crippen LogP contribution in [0.1, 0.15) is 11.1 Å². The highest BCUT2D eigenvalue weighted by Gasteiger charge is 2.43. The number of aromatic nitrogens is 1. The fourth-order valence-corrected chi connectivity index (χ4v) is 2.47. The summed E-state index contributed by atoms with van der Waals surface area (Å²) in [6.07, 6.45) is -3.31. The molecule has 0 aliphatic carbocycles. The van der Waals surface area contributed by atoms with E-state index in [1.807, 2.05) is 6.07 Å². The minimum absolute atomic E-state index is 0.0371. The molecule has 1 aliphatic heterocycles. The lowest BCUT2D eigenvalue weighted by molar-refractivity contribution is -0.286. The molecule has 0 saturated carbocycles. The number of benzene rings is 1. The first-order valence-corrected chi connectivity index (χ1v) is 7.00. The van der Waals surface area contributed by atoms with E-state index in [0.717, 1.165) is 0 Å². The highest BCUT2D eigenvalue weighted by atomic mass is 19.3. The van der Waals surface area contributed by atoms with Crippen molar-refractivity contribution in [1.82, 2.24) is 4.57 Å². The SMILES string of the molecule is COc1c(C#N)ccc(=O)n1CCc1ccc2c(c1)OC(F)(F)O2. The number of alkyl halides is 2. The van der Waals surface area contributed by atoms with Crippen LogP contribution in [0.2, 0.25) is 0 Å². The summed E-state index contributed by atoms with van der Waals surface area (Å²) in [4.78, 5) is 12.0. The molecule has 1 aromatic carbocycles. The normalized spacial score (nSPS) is 14.2. The van der Waals surface area contributed by atoms with Crippen molar-refractivity contribution in [3.8, 4) is 23.4 Å². The Hall–Kier alpha value is -3.08. The van der Waals surface area contributed by atoms with Crippen molar-refractivity contribution >= 4 is 0 Å². The average Bonchev–Trinajstić information content (AvgIpc) is 2.86. The summed E-state index contributed by atoms with van der Waals surface area (Å²) in [7, 11) is 1.37. The Morgan fingerprint density at radius 1 is 1.25 bits per heavy atom. The van der Waals surface area contributed by atoms with Gasteiger partial charge >= 0.3 is 6.29 Å². The number of nitriles is 1. The van der Waals surface area contributed by atoms with Crippen LogP contribution in [-0.4, -0.2) is 18.0 Å². The lowest BCUT2D eigenvalue weighted by Crippen LogP contribution is -2.25. The highest BCUT2D eigenvalue weighted by molar-refractivity contribution is 5.45. The molecule has 0 spiro atoms. The zero-order chi connectivity index (χ0) is 17.3. The van der Waals surface area contributed by atoms with E-state index in [0.29, 0.717) is 12.0 Å². The molecule has 0 radical (unpaired) electrons. The second-order valence-electron chi connectivity index (χ2n) is 5.06. The van der Waals surface area contributed by atoms with E-state index >= 15 is 0 Å². The van der Waals surface area contributed by atoms with Crippen LogP contribution in [0.25, 0.3) is 0 Å². The van der Waals surface area contributed by atoms with E-state index < -0.39 is 6.29 Å². The second kappa shape index (κ2) is 5.85. The van der Waals surface area contributed by atoms with Gasteiger partial charge < -0.3 is 14.2 Å². The van der Waals surface area contributed by atoms with Crippen LogP contribution in [0.5, 0.6) is 17.4 Å². The second-order valence-corrected chi connectivity index (χ2v) is 5.06. The van der Waals surface area contributed by atoms with Crippen molar-refractivity contribution in [3.63, 3.8) is 0 Å². The summed E-state index contributed by atoms with van der Waals surface area (Å²) in [6.45, 7) is 0.216. The van der Waals surface area contributed by atoms with E-state index in [1.54, 1.807) is 6.07 Å². The van der Waals surface area contributed by atoms with Crippen molar-refractivity contribution in [1.29, 1.82) is 5.26 Å². The predicted molar refractivity (Wildman–Crippen MR) is 78.3 cm³/mol. The Morgan fingerprint density at radius 3 is 2.71 bits per heavy atom. The molecule has 8 heteroatoms. The van der Waals surface area contributed by atoms with Gasteiger partial charge in [0.05, 0.1) is 7.11 Å². The first-order chi connectivity index (χ1) is 11.4. The van der Waals surface area contributed by atoms with Gasteiger partial charge in [-0.2, -0.15) is 5.26 Å². The Bertz CT molecular complexity index is 887. The van der Waals surface area contributed by atoms with E-state index in [1.165, 1.54) is 35.9 Å². The van der Waals surface area contributed by atoms with Gasteiger partial charge in [0, 0.05) is 12.6 Å². The van der Waals surface area contributed by atoms with Gasteiger partial charge in [-0.3, -0.25) is 9.36 Å². The number of nitrogens with zero attached hydrogens (tertiary/aromatic N) is 2. The number of halogens is 2. The molecule has 0 N–H and O–H groups in total. The number of fused-ring (bicyclic) bond motifs is 1. The highest BCUT2D eigenvalue weighted by Crippen LogP contribution is 2.41. The Morgan fingerprint density at radius 2 is 2.00 bits per heavy atom. The van der Waals surface area contributed by atoms with E-state index in [-0.39, 0.29) is 35.0 Å². The lowest BCUT2D eigenvalue weighted by Gasteiger charge is -2.12. The molecule has 1 aliphatic rings. The fraction of sp³-hybridized carbons (Fsp3) is 0.250. The number of hydrogen-bond acceptors (Lipinski definition) is 5.